The fourth-order valence-corrected chi connectivity index (χ4v) is 6.46. The van der Waals surface area contributed by atoms with E-state index < -0.39 is 6.10 Å². The maximum absolute atomic E-state index is 13.6. The number of aliphatic hydroxyl groups is 1. The second-order valence-corrected chi connectivity index (χ2v) is 11.1. The molecule has 0 saturated carbocycles. The second-order valence-electron chi connectivity index (χ2n) is 10.7. The van der Waals surface area contributed by atoms with Gasteiger partial charge in [0.2, 0.25) is 5.91 Å². The average molecular weight is 573 g/mol. The maximum atomic E-state index is 13.6. The lowest BCUT2D eigenvalue weighted by Crippen LogP contribution is -2.41. The van der Waals surface area contributed by atoms with Crippen molar-refractivity contribution in [2.24, 2.45) is 0 Å². The van der Waals surface area contributed by atoms with Crippen LogP contribution in [0.1, 0.15) is 25.3 Å². The van der Waals surface area contributed by atoms with Crippen molar-refractivity contribution in [1.82, 2.24) is 34.0 Å². The summed E-state index contributed by atoms with van der Waals surface area (Å²) >= 11 is 6.63. The number of amides is 1. The van der Waals surface area contributed by atoms with Gasteiger partial charge in [0, 0.05) is 60.8 Å². The molecule has 1 unspecified atom stereocenters. The molecule has 4 aromatic heterocycles. The van der Waals surface area contributed by atoms with E-state index in [1.54, 1.807) is 10.8 Å². The van der Waals surface area contributed by atoms with Crippen molar-refractivity contribution in [3.63, 3.8) is 0 Å². The molecule has 0 spiro atoms. The van der Waals surface area contributed by atoms with Crippen LogP contribution in [0.25, 0.3) is 33.3 Å². The molecule has 2 fully saturated rings. The topological polar surface area (TPSA) is 125 Å². The van der Waals surface area contributed by atoms with E-state index >= 15 is 0 Å². The number of aliphatic hydroxyl groups excluding tert-OH is 1. The summed E-state index contributed by atoms with van der Waals surface area (Å²) in [5.41, 5.74) is 3.52. The Morgan fingerprint density at radius 1 is 1.02 bits per heavy atom. The van der Waals surface area contributed by atoms with Crippen LogP contribution in [0.3, 0.4) is 0 Å². The van der Waals surface area contributed by atoms with Crippen LogP contribution in [0, 0.1) is 0 Å². The highest BCUT2D eigenvalue weighted by molar-refractivity contribution is 6.33. The number of carbonyl (C=O) groups excluding carboxylic acids is 1. The van der Waals surface area contributed by atoms with Crippen LogP contribution < -0.4 is 10.6 Å². The molecule has 41 heavy (non-hydrogen) atoms. The predicted octanol–water partition coefficient (Wildman–Crippen LogP) is 3.22. The van der Waals surface area contributed by atoms with Crippen molar-refractivity contribution < 1.29 is 9.90 Å². The van der Waals surface area contributed by atoms with E-state index in [4.69, 9.17) is 11.6 Å². The Kier molecular flexibility index (Phi) is 6.47. The summed E-state index contributed by atoms with van der Waals surface area (Å²) in [4.78, 5) is 46.4. The number of aromatic amines is 1. The Hall–Kier alpha value is -4.22. The van der Waals surface area contributed by atoms with E-state index in [0.717, 1.165) is 27.8 Å². The van der Waals surface area contributed by atoms with Gasteiger partial charge in [-0.2, -0.15) is 0 Å². The molecule has 12 heteroatoms. The number of likely N-dealkylation sites (tertiary alicyclic amines) is 1. The minimum Gasteiger partial charge on any atom is -0.391 e. The van der Waals surface area contributed by atoms with Crippen molar-refractivity contribution >= 4 is 45.5 Å². The molecular weight excluding hydrogens is 544 g/mol. The van der Waals surface area contributed by atoms with Crippen LogP contribution in [0.2, 0.25) is 5.02 Å². The van der Waals surface area contributed by atoms with Gasteiger partial charge in [0.25, 0.3) is 0 Å². The Bertz CT molecular complexity index is 1820. The molecule has 2 saturated heterocycles. The van der Waals surface area contributed by atoms with Crippen molar-refractivity contribution in [2.45, 2.75) is 38.0 Å². The Morgan fingerprint density at radius 2 is 1.85 bits per heavy atom. The molecule has 0 bridgehead atoms. The lowest BCUT2D eigenvalue weighted by Gasteiger charge is -2.32. The van der Waals surface area contributed by atoms with Gasteiger partial charge in [-0.3, -0.25) is 14.3 Å². The maximum Gasteiger partial charge on any atom is 0.327 e. The van der Waals surface area contributed by atoms with Crippen molar-refractivity contribution in [3.05, 3.63) is 70.6 Å². The number of β-amino-alcohol motifs (C(OH)–C–C–N with tert-alkyl or cyclic N) is 1. The molecule has 2 N–H and O–H groups in total. The van der Waals surface area contributed by atoms with Crippen LogP contribution in [0.5, 0.6) is 0 Å². The van der Waals surface area contributed by atoms with E-state index in [1.165, 1.54) is 6.33 Å². The molecule has 0 aliphatic carbocycles. The fourth-order valence-electron chi connectivity index (χ4n) is 6.23. The molecule has 5 aromatic rings. The van der Waals surface area contributed by atoms with Crippen molar-refractivity contribution in [3.8, 4) is 11.1 Å². The summed E-state index contributed by atoms with van der Waals surface area (Å²) in [5.74, 6) is 0.711. The molecule has 210 valence electrons. The lowest BCUT2D eigenvalue weighted by molar-refractivity contribution is -0.133. The third kappa shape index (κ3) is 4.54. The number of nitrogens with zero attached hydrogens (tertiary/aromatic N) is 7. The first kappa shape index (κ1) is 25.7. The van der Waals surface area contributed by atoms with E-state index in [2.05, 4.69) is 24.8 Å². The summed E-state index contributed by atoms with van der Waals surface area (Å²) in [5, 5.41) is 11.6. The SMILES string of the molecule is O=C(Cn1cc(-c2ccccc2Cl)c2c(N3CCC(O)C3)ncnc21)N1CCC(n2c(=O)[nH]c3ncccc32)CC1. The van der Waals surface area contributed by atoms with Gasteiger partial charge in [0.05, 0.1) is 17.0 Å². The van der Waals surface area contributed by atoms with Gasteiger partial charge >= 0.3 is 5.69 Å². The molecule has 6 heterocycles. The number of imidazole rings is 1. The molecule has 1 aromatic carbocycles. The first-order valence-corrected chi connectivity index (χ1v) is 14.2. The number of hydrogen-bond donors (Lipinski definition) is 2. The van der Waals surface area contributed by atoms with Crippen LogP contribution in [-0.2, 0) is 11.3 Å². The highest BCUT2D eigenvalue weighted by atomic mass is 35.5. The molecule has 0 radical (unpaired) electrons. The van der Waals surface area contributed by atoms with E-state index in [9.17, 15) is 14.7 Å². The number of carbonyl (C=O) groups is 1. The van der Waals surface area contributed by atoms with Crippen molar-refractivity contribution in [2.75, 3.05) is 31.1 Å². The van der Waals surface area contributed by atoms with E-state index in [0.29, 0.717) is 61.8 Å². The quantitative estimate of drug-likeness (QED) is 0.331. The Balaban J connectivity index is 1.17. The summed E-state index contributed by atoms with van der Waals surface area (Å²) < 4.78 is 3.64. The van der Waals surface area contributed by atoms with Crippen LogP contribution >= 0.6 is 11.6 Å². The second kappa shape index (κ2) is 10.3. The number of nitrogens with one attached hydrogen (secondary N) is 1. The molecule has 1 atom stereocenters. The number of halogens is 1. The number of hydrogen-bond acceptors (Lipinski definition) is 7. The van der Waals surface area contributed by atoms with Gasteiger partial charge in [-0.1, -0.05) is 29.8 Å². The number of pyridine rings is 1. The normalized spacial score (nSPS) is 18.1. The van der Waals surface area contributed by atoms with Gasteiger partial charge in [0.1, 0.15) is 24.3 Å². The summed E-state index contributed by atoms with van der Waals surface area (Å²) in [6.07, 6.45) is 6.71. The number of rotatable bonds is 5. The predicted molar refractivity (Wildman–Crippen MR) is 156 cm³/mol. The minimum absolute atomic E-state index is 0.00477. The minimum atomic E-state index is -0.410. The largest absolute Gasteiger partial charge is 0.391 e. The number of piperidine rings is 1. The van der Waals surface area contributed by atoms with Gasteiger partial charge in [-0.15, -0.1) is 0 Å². The van der Waals surface area contributed by atoms with Gasteiger partial charge in [-0.25, -0.2) is 19.7 Å². The van der Waals surface area contributed by atoms with Crippen molar-refractivity contribution in [1.29, 1.82) is 0 Å². The van der Waals surface area contributed by atoms with Gasteiger partial charge < -0.3 is 19.5 Å². The monoisotopic (exact) mass is 572 g/mol. The molecule has 2 aliphatic heterocycles. The van der Waals surface area contributed by atoms with Gasteiger partial charge in [-0.05, 0) is 37.5 Å². The highest BCUT2D eigenvalue weighted by Gasteiger charge is 2.29. The standard InChI is InChI=1S/C29H29ClN8O3/c30-22-5-2-1-4-20(22)21-15-37(28-25(21)27(32-17-33-28)36-13-9-19(39)14-36)16-24(40)35-11-7-18(8-12-35)38-23-6-3-10-31-26(23)34-29(38)41/h1-6,10,15,17-19,39H,7-9,11-14,16H2,(H,31,34,41). The smallest absolute Gasteiger partial charge is 0.327 e. The number of fused-ring (bicyclic) bond motifs is 2. The first-order chi connectivity index (χ1) is 20.0. The Morgan fingerprint density at radius 3 is 2.63 bits per heavy atom. The highest BCUT2D eigenvalue weighted by Crippen LogP contribution is 2.39. The third-order valence-electron chi connectivity index (χ3n) is 8.24. The number of anilines is 1. The first-order valence-electron chi connectivity index (χ1n) is 13.8. The molecule has 2 aliphatic rings. The third-order valence-corrected chi connectivity index (χ3v) is 8.57. The molecular formula is C29H29ClN8O3. The average Bonchev–Trinajstić information content (AvgIpc) is 3.68. The Labute approximate surface area is 240 Å². The van der Waals surface area contributed by atoms with Crippen LogP contribution in [-0.4, -0.2) is 77.3 Å². The number of H-pyrrole nitrogens is 1. The fraction of sp³-hybridized carbons (Fsp3) is 0.345. The van der Waals surface area contributed by atoms with Gasteiger partial charge in [0.15, 0.2) is 5.65 Å². The van der Waals surface area contributed by atoms with E-state index in [-0.39, 0.29) is 24.2 Å². The molecule has 11 nitrogen and oxygen atoms in total. The van der Waals surface area contributed by atoms with Crippen LogP contribution in [0.4, 0.5) is 5.82 Å². The summed E-state index contributed by atoms with van der Waals surface area (Å²) in [7, 11) is 0. The zero-order valence-electron chi connectivity index (χ0n) is 22.3. The summed E-state index contributed by atoms with van der Waals surface area (Å²) in [6.45, 7) is 2.38. The zero-order valence-corrected chi connectivity index (χ0v) is 23.0. The number of aromatic nitrogens is 6. The summed E-state index contributed by atoms with van der Waals surface area (Å²) in [6, 6.07) is 11.3. The molecule has 1 amide bonds. The van der Waals surface area contributed by atoms with E-state index in [1.807, 2.05) is 52.1 Å². The number of benzene rings is 1. The van der Waals surface area contributed by atoms with Crippen LogP contribution in [0.15, 0.2) is 59.9 Å². The lowest BCUT2D eigenvalue weighted by atomic mass is 10.0. The molecule has 7 rings (SSSR count). The zero-order chi connectivity index (χ0) is 28.1.